The van der Waals surface area contributed by atoms with Gasteiger partial charge in [0, 0.05) is 13.1 Å². The number of ether oxygens (including phenoxy) is 1. The van der Waals surface area contributed by atoms with Gasteiger partial charge in [-0.15, -0.1) is 0 Å². The summed E-state index contributed by atoms with van der Waals surface area (Å²) in [5.74, 6) is -0.113. The molecule has 0 bridgehead atoms. The van der Waals surface area contributed by atoms with Crippen molar-refractivity contribution in [3.63, 3.8) is 0 Å². The van der Waals surface area contributed by atoms with Crippen LogP contribution in [0.15, 0.2) is 16.7 Å². The zero-order valence-corrected chi connectivity index (χ0v) is 11.2. The Morgan fingerprint density at radius 3 is 2.53 bits per heavy atom. The Morgan fingerprint density at radius 2 is 1.95 bits per heavy atom. The van der Waals surface area contributed by atoms with Gasteiger partial charge in [0.05, 0.1) is 6.26 Å². The van der Waals surface area contributed by atoms with Crippen molar-refractivity contribution in [3.8, 4) is 0 Å². The van der Waals surface area contributed by atoms with E-state index in [1.54, 1.807) is 17.9 Å². The predicted molar refractivity (Wildman–Crippen MR) is 68.8 cm³/mol. The second-order valence-electron chi connectivity index (χ2n) is 4.76. The van der Waals surface area contributed by atoms with Gasteiger partial charge in [-0.3, -0.25) is 4.79 Å². The number of rotatable bonds is 3. The van der Waals surface area contributed by atoms with Gasteiger partial charge in [-0.1, -0.05) is 12.8 Å². The molecule has 0 spiro atoms. The topological polar surface area (TPSA) is 59.8 Å². The highest BCUT2D eigenvalue weighted by Crippen LogP contribution is 2.12. The Kier molecular flexibility index (Phi) is 4.60. The van der Waals surface area contributed by atoms with Crippen molar-refractivity contribution in [1.82, 2.24) is 4.90 Å². The van der Waals surface area contributed by atoms with Crippen LogP contribution in [-0.2, 0) is 9.53 Å². The van der Waals surface area contributed by atoms with Crippen LogP contribution in [0.5, 0.6) is 0 Å². The molecule has 2 heterocycles. The lowest BCUT2D eigenvalue weighted by molar-refractivity contribution is -0.134. The monoisotopic (exact) mass is 265 g/mol. The molecule has 0 atom stereocenters. The molecular weight excluding hydrogens is 246 g/mol. The van der Waals surface area contributed by atoms with Crippen LogP contribution in [0, 0.1) is 6.92 Å². The lowest BCUT2D eigenvalue weighted by atomic mass is 10.2. The molecule has 0 aromatic carbocycles. The summed E-state index contributed by atoms with van der Waals surface area (Å²) in [6, 6.07) is 1.55. The first-order valence-electron chi connectivity index (χ1n) is 6.67. The van der Waals surface area contributed by atoms with Crippen molar-refractivity contribution in [2.45, 2.75) is 32.6 Å². The molecule has 1 aliphatic rings. The van der Waals surface area contributed by atoms with Crippen molar-refractivity contribution in [2.75, 3.05) is 19.7 Å². The van der Waals surface area contributed by atoms with E-state index in [1.165, 1.54) is 6.26 Å². The molecule has 0 N–H and O–H groups in total. The Morgan fingerprint density at radius 1 is 1.26 bits per heavy atom. The molecule has 1 fully saturated rings. The summed E-state index contributed by atoms with van der Waals surface area (Å²) in [5, 5.41) is 0. The fourth-order valence-corrected chi connectivity index (χ4v) is 2.21. The van der Waals surface area contributed by atoms with Crippen LogP contribution in [0.4, 0.5) is 0 Å². The van der Waals surface area contributed by atoms with Gasteiger partial charge in [-0.05, 0) is 25.8 Å². The molecule has 0 saturated carbocycles. The minimum Gasteiger partial charge on any atom is -0.469 e. The van der Waals surface area contributed by atoms with Crippen LogP contribution in [0.2, 0.25) is 0 Å². The largest absolute Gasteiger partial charge is 0.469 e. The fraction of sp³-hybridized carbons (Fsp3) is 0.571. The molecule has 0 aliphatic carbocycles. The zero-order chi connectivity index (χ0) is 13.7. The first kappa shape index (κ1) is 13.6. The van der Waals surface area contributed by atoms with E-state index in [0.717, 1.165) is 38.8 Å². The Labute approximate surface area is 112 Å². The molecule has 1 aromatic rings. The minimum atomic E-state index is -0.505. The lowest BCUT2D eigenvalue weighted by Gasteiger charge is -2.19. The van der Waals surface area contributed by atoms with Crippen molar-refractivity contribution in [2.24, 2.45) is 0 Å². The number of hydrogen-bond donors (Lipinski definition) is 0. The number of carbonyl (C=O) groups is 2. The number of amides is 1. The molecule has 104 valence electrons. The number of furan rings is 1. The molecular formula is C14H19NO4. The van der Waals surface area contributed by atoms with Crippen molar-refractivity contribution in [3.05, 3.63) is 23.7 Å². The maximum atomic E-state index is 11.9. The third-order valence-corrected chi connectivity index (χ3v) is 3.36. The zero-order valence-electron chi connectivity index (χ0n) is 11.2. The summed E-state index contributed by atoms with van der Waals surface area (Å²) in [4.78, 5) is 25.4. The van der Waals surface area contributed by atoms with Gasteiger partial charge in [-0.25, -0.2) is 4.79 Å². The summed E-state index contributed by atoms with van der Waals surface area (Å²) < 4.78 is 10.1. The third-order valence-electron chi connectivity index (χ3n) is 3.36. The van der Waals surface area contributed by atoms with Crippen LogP contribution >= 0.6 is 0 Å². The number of aryl methyl sites for hydroxylation is 1. The summed E-state index contributed by atoms with van der Waals surface area (Å²) >= 11 is 0. The van der Waals surface area contributed by atoms with Crippen LogP contribution in [0.25, 0.3) is 0 Å². The molecule has 19 heavy (non-hydrogen) atoms. The number of nitrogens with zero attached hydrogens (tertiary/aromatic N) is 1. The van der Waals surface area contributed by atoms with Gasteiger partial charge < -0.3 is 14.1 Å². The standard InChI is InChI=1S/C14H19NO4/c1-11-12(6-9-18-11)14(17)19-10-13(16)15-7-4-2-3-5-8-15/h6,9H,2-5,7-8,10H2,1H3. The van der Waals surface area contributed by atoms with Gasteiger partial charge in [0.25, 0.3) is 5.91 Å². The van der Waals surface area contributed by atoms with Crippen molar-refractivity contribution < 1.29 is 18.7 Å². The molecule has 1 amide bonds. The van der Waals surface area contributed by atoms with E-state index < -0.39 is 5.97 Å². The van der Waals surface area contributed by atoms with Crippen LogP contribution in [-0.4, -0.2) is 36.5 Å². The summed E-state index contributed by atoms with van der Waals surface area (Å²) in [6.45, 7) is 3.03. The number of hydrogen-bond acceptors (Lipinski definition) is 4. The normalized spacial score (nSPS) is 15.9. The quantitative estimate of drug-likeness (QED) is 0.786. The van der Waals surface area contributed by atoms with Gasteiger partial charge in [-0.2, -0.15) is 0 Å². The number of likely N-dealkylation sites (tertiary alicyclic amines) is 1. The second-order valence-corrected chi connectivity index (χ2v) is 4.76. The van der Waals surface area contributed by atoms with E-state index in [2.05, 4.69) is 0 Å². The maximum absolute atomic E-state index is 11.9. The Hall–Kier alpha value is -1.78. The van der Waals surface area contributed by atoms with E-state index in [1.807, 2.05) is 0 Å². The van der Waals surface area contributed by atoms with Gasteiger partial charge in [0.2, 0.25) is 0 Å². The summed E-state index contributed by atoms with van der Waals surface area (Å²) in [5.41, 5.74) is 0.378. The highest BCUT2D eigenvalue weighted by Gasteiger charge is 2.19. The van der Waals surface area contributed by atoms with Gasteiger partial charge >= 0.3 is 5.97 Å². The Balaban J connectivity index is 1.83. The van der Waals surface area contributed by atoms with Crippen molar-refractivity contribution in [1.29, 1.82) is 0 Å². The van der Waals surface area contributed by atoms with E-state index in [-0.39, 0.29) is 12.5 Å². The maximum Gasteiger partial charge on any atom is 0.342 e. The fourth-order valence-electron chi connectivity index (χ4n) is 2.21. The number of esters is 1. The Bertz CT molecular complexity index is 444. The van der Waals surface area contributed by atoms with E-state index in [4.69, 9.17) is 9.15 Å². The van der Waals surface area contributed by atoms with Gasteiger partial charge in [0.15, 0.2) is 6.61 Å². The highest BCUT2D eigenvalue weighted by atomic mass is 16.5. The van der Waals surface area contributed by atoms with Crippen LogP contribution in [0.1, 0.15) is 41.8 Å². The molecule has 1 saturated heterocycles. The SMILES string of the molecule is Cc1occc1C(=O)OCC(=O)N1CCCCCC1. The highest BCUT2D eigenvalue weighted by molar-refractivity contribution is 5.92. The molecule has 5 heteroatoms. The molecule has 1 aromatic heterocycles. The average Bonchev–Trinajstić information content (AvgIpc) is 2.68. The first-order valence-corrected chi connectivity index (χ1v) is 6.67. The minimum absolute atomic E-state index is 0.114. The average molecular weight is 265 g/mol. The third kappa shape index (κ3) is 3.59. The van der Waals surface area contributed by atoms with Gasteiger partial charge in [0.1, 0.15) is 11.3 Å². The van der Waals surface area contributed by atoms with Crippen LogP contribution < -0.4 is 0 Å². The van der Waals surface area contributed by atoms with Crippen LogP contribution in [0.3, 0.4) is 0 Å². The summed E-state index contributed by atoms with van der Waals surface area (Å²) in [7, 11) is 0. The molecule has 1 aliphatic heterocycles. The van der Waals surface area contributed by atoms with Crippen molar-refractivity contribution >= 4 is 11.9 Å². The predicted octanol–water partition coefficient (Wildman–Crippen LogP) is 2.15. The van der Waals surface area contributed by atoms with E-state index in [9.17, 15) is 9.59 Å². The first-order chi connectivity index (χ1) is 9.18. The summed E-state index contributed by atoms with van der Waals surface area (Å²) in [6.07, 6.45) is 5.82. The lowest BCUT2D eigenvalue weighted by Crippen LogP contribution is -2.35. The molecule has 0 radical (unpaired) electrons. The molecule has 5 nitrogen and oxygen atoms in total. The smallest absolute Gasteiger partial charge is 0.342 e. The molecule has 2 rings (SSSR count). The second kappa shape index (κ2) is 6.41. The molecule has 0 unspecified atom stereocenters. The number of carbonyl (C=O) groups excluding carboxylic acids is 2. The van der Waals surface area contributed by atoms with E-state index in [0.29, 0.717) is 11.3 Å². The van der Waals surface area contributed by atoms with E-state index >= 15 is 0 Å².